The lowest BCUT2D eigenvalue weighted by Gasteiger charge is -2.33. The number of hydrogen-bond acceptors (Lipinski definition) is 4. The molecule has 1 aliphatic carbocycles. The largest absolute Gasteiger partial charge is 0.497 e. The van der Waals surface area contributed by atoms with Gasteiger partial charge in [-0.15, -0.1) is 0 Å². The lowest BCUT2D eigenvalue weighted by molar-refractivity contribution is -0.128. The van der Waals surface area contributed by atoms with Crippen LogP contribution in [0.1, 0.15) is 50.5 Å². The molecule has 0 bridgehead atoms. The Hall–Kier alpha value is -2.50. The van der Waals surface area contributed by atoms with E-state index in [4.69, 9.17) is 9.47 Å². The van der Waals surface area contributed by atoms with E-state index < -0.39 is 0 Å². The summed E-state index contributed by atoms with van der Waals surface area (Å²) in [6, 6.07) is 5.69. The van der Waals surface area contributed by atoms with Crippen LogP contribution in [0.15, 0.2) is 24.3 Å². The van der Waals surface area contributed by atoms with Crippen LogP contribution in [0.5, 0.6) is 11.5 Å². The number of carbonyl (C=O) groups is 2. The normalized spacial score (nSPS) is 18.6. The van der Waals surface area contributed by atoms with Gasteiger partial charge in [0.25, 0.3) is 0 Å². The van der Waals surface area contributed by atoms with Gasteiger partial charge in [-0.2, -0.15) is 0 Å². The highest BCUT2D eigenvalue weighted by atomic mass is 16.5. The van der Waals surface area contributed by atoms with Gasteiger partial charge in [0.15, 0.2) is 0 Å². The standard InChI is InChI=1S/C23H32N2O4/c1-28-20-10-8-17(21(16-20)29-2)9-11-22(26)25-14-12-19(13-15-25)24-23(27)18-6-4-3-5-7-18/h8-11,16,18-19H,3-7,12-15H2,1-2H3,(H,24,27)/b11-9+. The first-order chi connectivity index (χ1) is 14.1. The van der Waals surface area contributed by atoms with Crippen LogP contribution in [0, 0.1) is 5.92 Å². The number of amides is 2. The number of nitrogens with zero attached hydrogens (tertiary/aromatic N) is 1. The van der Waals surface area contributed by atoms with E-state index >= 15 is 0 Å². The Morgan fingerprint density at radius 1 is 1.03 bits per heavy atom. The van der Waals surface area contributed by atoms with E-state index in [0.29, 0.717) is 24.6 Å². The van der Waals surface area contributed by atoms with Gasteiger partial charge in [-0.1, -0.05) is 19.3 Å². The second kappa shape index (κ2) is 10.3. The van der Waals surface area contributed by atoms with Crippen LogP contribution in [0.25, 0.3) is 6.08 Å². The van der Waals surface area contributed by atoms with Crippen LogP contribution in [-0.2, 0) is 9.59 Å². The molecule has 0 radical (unpaired) electrons. The van der Waals surface area contributed by atoms with Gasteiger partial charge >= 0.3 is 0 Å². The third kappa shape index (κ3) is 5.75. The lowest BCUT2D eigenvalue weighted by atomic mass is 9.88. The predicted octanol–water partition coefficient (Wildman–Crippen LogP) is 3.40. The minimum atomic E-state index is -0.0140. The Balaban J connectivity index is 1.48. The van der Waals surface area contributed by atoms with E-state index in [1.807, 2.05) is 17.0 Å². The second-order valence-electron chi connectivity index (χ2n) is 7.88. The van der Waals surface area contributed by atoms with Crippen molar-refractivity contribution in [3.8, 4) is 11.5 Å². The molecule has 6 nitrogen and oxygen atoms in total. The molecule has 1 aromatic carbocycles. The highest BCUT2D eigenvalue weighted by Gasteiger charge is 2.26. The number of methoxy groups -OCH3 is 2. The van der Waals surface area contributed by atoms with Crippen molar-refractivity contribution in [2.75, 3.05) is 27.3 Å². The summed E-state index contributed by atoms with van der Waals surface area (Å²) >= 11 is 0. The molecule has 0 unspecified atom stereocenters. The number of piperidine rings is 1. The van der Waals surface area contributed by atoms with E-state index in [1.54, 1.807) is 32.4 Å². The van der Waals surface area contributed by atoms with Crippen molar-refractivity contribution in [1.29, 1.82) is 0 Å². The van der Waals surface area contributed by atoms with E-state index in [0.717, 1.165) is 44.1 Å². The van der Waals surface area contributed by atoms with Crippen molar-refractivity contribution in [1.82, 2.24) is 10.2 Å². The molecule has 1 aromatic rings. The van der Waals surface area contributed by atoms with Crippen LogP contribution < -0.4 is 14.8 Å². The van der Waals surface area contributed by atoms with E-state index in [-0.39, 0.29) is 23.8 Å². The summed E-state index contributed by atoms with van der Waals surface area (Å²) in [7, 11) is 3.20. The van der Waals surface area contributed by atoms with Crippen molar-refractivity contribution in [2.45, 2.75) is 51.0 Å². The van der Waals surface area contributed by atoms with Crippen molar-refractivity contribution in [3.63, 3.8) is 0 Å². The molecule has 1 heterocycles. The maximum atomic E-state index is 12.6. The molecule has 0 atom stereocenters. The van der Waals surface area contributed by atoms with Gasteiger partial charge in [0.05, 0.1) is 14.2 Å². The monoisotopic (exact) mass is 400 g/mol. The lowest BCUT2D eigenvalue weighted by Crippen LogP contribution is -2.47. The Labute approximate surface area is 173 Å². The molecule has 3 rings (SSSR count). The maximum Gasteiger partial charge on any atom is 0.246 e. The number of nitrogens with one attached hydrogen (secondary N) is 1. The molecule has 2 aliphatic rings. The zero-order valence-electron chi connectivity index (χ0n) is 17.5. The first-order valence-electron chi connectivity index (χ1n) is 10.6. The minimum absolute atomic E-state index is 0.0140. The first-order valence-corrected chi connectivity index (χ1v) is 10.6. The fourth-order valence-corrected chi connectivity index (χ4v) is 4.15. The summed E-state index contributed by atoms with van der Waals surface area (Å²) in [5.41, 5.74) is 0.830. The van der Waals surface area contributed by atoms with Crippen LogP contribution in [-0.4, -0.2) is 50.1 Å². The molecule has 0 spiro atoms. The van der Waals surface area contributed by atoms with Crippen LogP contribution >= 0.6 is 0 Å². The van der Waals surface area contributed by atoms with Gasteiger partial charge in [-0.25, -0.2) is 0 Å². The summed E-state index contributed by atoms with van der Waals surface area (Å²) in [5, 5.41) is 3.21. The summed E-state index contributed by atoms with van der Waals surface area (Å²) < 4.78 is 10.6. The predicted molar refractivity (Wildman–Crippen MR) is 113 cm³/mol. The second-order valence-corrected chi connectivity index (χ2v) is 7.88. The summed E-state index contributed by atoms with van der Waals surface area (Å²) in [4.78, 5) is 26.8. The van der Waals surface area contributed by atoms with Gasteiger partial charge in [-0.3, -0.25) is 9.59 Å². The summed E-state index contributed by atoms with van der Waals surface area (Å²) in [6.45, 7) is 1.33. The number of carbonyl (C=O) groups excluding carboxylic acids is 2. The van der Waals surface area contributed by atoms with E-state index in [9.17, 15) is 9.59 Å². The van der Waals surface area contributed by atoms with Crippen molar-refractivity contribution >= 4 is 17.9 Å². The molecule has 2 amide bonds. The maximum absolute atomic E-state index is 12.6. The van der Waals surface area contributed by atoms with Crippen LogP contribution in [0.4, 0.5) is 0 Å². The number of hydrogen-bond donors (Lipinski definition) is 1. The van der Waals surface area contributed by atoms with Crippen molar-refractivity contribution in [3.05, 3.63) is 29.8 Å². The smallest absolute Gasteiger partial charge is 0.246 e. The molecule has 1 aliphatic heterocycles. The topological polar surface area (TPSA) is 67.9 Å². The van der Waals surface area contributed by atoms with Gasteiger partial charge in [0.2, 0.25) is 11.8 Å². The zero-order valence-corrected chi connectivity index (χ0v) is 17.5. The van der Waals surface area contributed by atoms with E-state index in [1.165, 1.54) is 6.42 Å². The Morgan fingerprint density at radius 2 is 1.76 bits per heavy atom. The molecule has 1 N–H and O–H groups in total. The van der Waals surface area contributed by atoms with Gasteiger partial charge in [0.1, 0.15) is 11.5 Å². The van der Waals surface area contributed by atoms with E-state index in [2.05, 4.69) is 5.32 Å². The molecule has 1 saturated carbocycles. The summed E-state index contributed by atoms with van der Waals surface area (Å²) in [6.07, 6.45) is 10.6. The van der Waals surface area contributed by atoms with Crippen LogP contribution in [0.3, 0.4) is 0 Å². The number of ether oxygens (including phenoxy) is 2. The highest BCUT2D eigenvalue weighted by molar-refractivity contribution is 5.92. The first kappa shape index (κ1) is 21.2. The van der Waals surface area contributed by atoms with Crippen molar-refractivity contribution < 1.29 is 19.1 Å². The molecular weight excluding hydrogens is 368 g/mol. The van der Waals surface area contributed by atoms with Gasteiger partial charge in [0, 0.05) is 42.8 Å². The van der Waals surface area contributed by atoms with Gasteiger partial charge < -0.3 is 19.7 Å². The molecular formula is C23H32N2O4. The average Bonchev–Trinajstić information content (AvgIpc) is 2.78. The fraction of sp³-hybridized carbons (Fsp3) is 0.565. The highest BCUT2D eigenvalue weighted by Crippen LogP contribution is 2.26. The Morgan fingerprint density at radius 3 is 2.41 bits per heavy atom. The Bertz CT molecular complexity index is 732. The molecule has 6 heteroatoms. The third-order valence-corrected chi connectivity index (χ3v) is 5.98. The number of likely N-dealkylation sites (tertiary alicyclic amines) is 1. The molecule has 1 saturated heterocycles. The Kier molecular flexibility index (Phi) is 7.55. The number of benzene rings is 1. The summed E-state index contributed by atoms with van der Waals surface area (Å²) in [5.74, 6) is 1.76. The quantitative estimate of drug-likeness (QED) is 0.743. The SMILES string of the molecule is COc1ccc(/C=C/C(=O)N2CCC(NC(=O)C3CCCCC3)CC2)c(OC)c1. The molecule has 158 valence electrons. The molecule has 29 heavy (non-hydrogen) atoms. The van der Waals surface area contributed by atoms with Gasteiger partial charge in [-0.05, 0) is 43.9 Å². The fourth-order valence-electron chi connectivity index (χ4n) is 4.15. The zero-order chi connectivity index (χ0) is 20.6. The molecule has 2 fully saturated rings. The van der Waals surface area contributed by atoms with Crippen molar-refractivity contribution in [2.24, 2.45) is 5.92 Å². The minimum Gasteiger partial charge on any atom is -0.497 e. The number of rotatable bonds is 6. The molecule has 0 aromatic heterocycles. The van der Waals surface area contributed by atoms with Crippen LogP contribution in [0.2, 0.25) is 0 Å². The third-order valence-electron chi connectivity index (χ3n) is 5.98. The average molecular weight is 401 g/mol.